The number of hydrogen-bond acceptors (Lipinski definition) is 3. The van der Waals surface area contributed by atoms with Crippen molar-refractivity contribution < 1.29 is 23.1 Å². The van der Waals surface area contributed by atoms with Crippen LogP contribution in [0.15, 0.2) is 30.3 Å². The van der Waals surface area contributed by atoms with Crippen LogP contribution >= 0.6 is 11.6 Å². The molecular weight excluding hydrogens is 422 g/mol. The van der Waals surface area contributed by atoms with Crippen LogP contribution in [-0.4, -0.2) is 22.8 Å². The number of ketones is 2. The Morgan fingerprint density at radius 2 is 1.61 bits per heavy atom. The predicted molar refractivity (Wildman–Crippen MR) is 113 cm³/mol. The SMILES string of the molecule is CCc1ccc(-c2ccc(Cl)c(F)c2F)cc1C1C(=O)[C@@H]2[C@H](C1=O)[C@@]1(C)CC[C@]2(C)O1. The van der Waals surface area contributed by atoms with Crippen molar-refractivity contribution in [3.63, 3.8) is 0 Å². The molecule has 1 unspecified atom stereocenters. The number of hydrogen-bond donors (Lipinski definition) is 0. The first kappa shape index (κ1) is 20.8. The summed E-state index contributed by atoms with van der Waals surface area (Å²) in [7, 11) is 0. The zero-order chi connectivity index (χ0) is 22.3. The molecule has 3 aliphatic rings. The number of rotatable bonds is 3. The van der Waals surface area contributed by atoms with Gasteiger partial charge in [-0.25, -0.2) is 8.78 Å². The lowest BCUT2D eigenvalue weighted by atomic mass is 9.69. The van der Waals surface area contributed by atoms with E-state index in [0.717, 1.165) is 18.4 Å². The van der Waals surface area contributed by atoms with E-state index in [1.54, 1.807) is 18.2 Å². The monoisotopic (exact) mass is 444 g/mol. The van der Waals surface area contributed by atoms with Gasteiger partial charge in [0.2, 0.25) is 0 Å². The molecular formula is C25H23ClF2O3. The summed E-state index contributed by atoms with van der Waals surface area (Å²) in [6.45, 7) is 5.81. The molecule has 2 bridgehead atoms. The molecule has 162 valence electrons. The molecule has 3 fully saturated rings. The van der Waals surface area contributed by atoms with Crippen molar-refractivity contribution in [2.75, 3.05) is 0 Å². The smallest absolute Gasteiger partial charge is 0.178 e. The number of aryl methyl sites for hydroxylation is 1. The summed E-state index contributed by atoms with van der Waals surface area (Å²) in [6.07, 6.45) is 2.13. The summed E-state index contributed by atoms with van der Waals surface area (Å²) < 4.78 is 34.8. The largest absolute Gasteiger partial charge is 0.368 e. The summed E-state index contributed by atoms with van der Waals surface area (Å²) in [5, 5.41) is -0.294. The van der Waals surface area contributed by atoms with Crippen molar-refractivity contribution in [2.24, 2.45) is 11.8 Å². The molecule has 2 aromatic carbocycles. The van der Waals surface area contributed by atoms with Crippen LogP contribution in [0.25, 0.3) is 11.1 Å². The van der Waals surface area contributed by atoms with Gasteiger partial charge in [-0.3, -0.25) is 9.59 Å². The Labute approximate surface area is 184 Å². The Balaban J connectivity index is 1.63. The number of carbonyl (C=O) groups is 2. The lowest BCUT2D eigenvalue weighted by Gasteiger charge is -2.28. The fourth-order valence-electron chi connectivity index (χ4n) is 6.11. The molecule has 2 heterocycles. The van der Waals surface area contributed by atoms with E-state index in [1.807, 2.05) is 20.8 Å². The fourth-order valence-corrected chi connectivity index (χ4v) is 6.26. The lowest BCUT2D eigenvalue weighted by molar-refractivity contribution is -0.132. The van der Waals surface area contributed by atoms with Gasteiger partial charge < -0.3 is 4.74 Å². The third kappa shape index (κ3) is 2.72. The molecule has 2 saturated heterocycles. The molecule has 0 amide bonds. The summed E-state index contributed by atoms with van der Waals surface area (Å²) in [5.74, 6) is -4.20. The van der Waals surface area contributed by atoms with Crippen molar-refractivity contribution >= 4 is 23.2 Å². The first-order valence-electron chi connectivity index (χ1n) is 10.7. The van der Waals surface area contributed by atoms with E-state index < -0.39 is 40.6 Å². The maximum atomic E-state index is 14.6. The fraction of sp³-hybridized carbons (Fsp3) is 0.440. The molecule has 5 atom stereocenters. The summed E-state index contributed by atoms with van der Waals surface area (Å²) >= 11 is 5.69. The number of Topliss-reactive ketones (excluding diaryl/α,β-unsaturated/α-hetero) is 2. The zero-order valence-corrected chi connectivity index (χ0v) is 18.4. The van der Waals surface area contributed by atoms with Crippen LogP contribution in [0, 0.1) is 23.5 Å². The van der Waals surface area contributed by atoms with E-state index in [-0.39, 0.29) is 22.2 Å². The van der Waals surface area contributed by atoms with Crippen molar-refractivity contribution in [3.8, 4) is 11.1 Å². The number of carbonyl (C=O) groups excluding carboxylic acids is 2. The summed E-state index contributed by atoms with van der Waals surface area (Å²) in [4.78, 5) is 27.1. The Bertz CT molecular complexity index is 1110. The van der Waals surface area contributed by atoms with E-state index in [4.69, 9.17) is 16.3 Å². The molecule has 3 nitrogen and oxygen atoms in total. The molecule has 0 spiro atoms. The highest BCUT2D eigenvalue weighted by atomic mass is 35.5. The summed E-state index contributed by atoms with van der Waals surface area (Å²) in [5.41, 5.74) is 0.674. The highest BCUT2D eigenvalue weighted by Crippen LogP contribution is 2.62. The number of fused-ring (bicyclic) bond motifs is 5. The molecule has 0 N–H and O–H groups in total. The molecule has 2 aliphatic heterocycles. The van der Waals surface area contributed by atoms with E-state index >= 15 is 0 Å². The third-order valence-electron chi connectivity index (χ3n) is 7.60. The van der Waals surface area contributed by atoms with E-state index in [0.29, 0.717) is 17.5 Å². The predicted octanol–water partition coefficient (Wildman–Crippen LogP) is 5.66. The quantitative estimate of drug-likeness (QED) is 0.453. The van der Waals surface area contributed by atoms with Gasteiger partial charge >= 0.3 is 0 Å². The third-order valence-corrected chi connectivity index (χ3v) is 7.89. The highest BCUT2D eigenvalue weighted by molar-refractivity contribution is 6.30. The molecule has 6 heteroatoms. The van der Waals surface area contributed by atoms with Crippen LogP contribution in [0.4, 0.5) is 8.78 Å². The van der Waals surface area contributed by atoms with Crippen LogP contribution in [0.3, 0.4) is 0 Å². The molecule has 1 saturated carbocycles. The van der Waals surface area contributed by atoms with Gasteiger partial charge in [0.15, 0.2) is 23.2 Å². The minimum absolute atomic E-state index is 0.0474. The summed E-state index contributed by atoms with van der Waals surface area (Å²) in [6, 6.07) is 7.86. The van der Waals surface area contributed by atoms with E-state index in [2.05, 4.69) is 0 Å². The minimum Gasteiger partial charge on any atom is -0.368 e. The Morgan fingerprint density at radius 1 is 1.00 bits per heavy atom. The highest BCUT2D eigenvalue weighted by Gasteiger charge is 2.72. The first-order valence-corrected chi connectivity index (χ1v) is 11.0. The molecule has 2 aromatic rings. The van der Waals surface area contributed by atoms with Crippen LogP contribution in [-0.2, 0) is 20.7 Å². The van der Waals surface area contributed by atoms with E-state index in [9.17, 15) is 18.4 Å². The van der Waals surface area contributed by atoms with Crippen molar-refractivity contribution in [3.05, 3.63) is 58.1 Å². The maximum absolute atomic E-state index is 14.6. The molecule has 0 aromatic heterocycles. The topological polar surface area (TPSA) is 43.4 Å². The van der Waals surface area contributed by atoms with Gasteiger partial charge in [-0.1, -0.05) is 30.7 Å². The molecule has 1 aliphatic carbocycles. The first-order chi connectivity index (χ1) is 14.6. The van der Waals surface area contributed by atoms with Gasteiger partial charge in [0.25, 0.3) is 0 Å². The Kier molecular flexibility index (Phi) is 4.49. The second kappa shape index (κ2) is 6.69. The number of ether oxygens (including phenoxy) is 1. The normalized spacial score (nSPS) is 33.9. The maximum Gasteiger partial charge on any atom is 0.178 e. The standard InChI is InChI=1S/C25H23ClF2O3/c1-4-12-5-6-13(14-7-8-16(26)21(28)20(14)27)11-15(12)17-22(29)18-19(23(17)30)25(3)10-9-24(18,2)31-25/h5-8,11,17-19H,4,9-10H2,1-3H3/t17?,18-,19+,24-,25+. The van der Waals surface area contributed by atoms with Gasteiger partial charge in [-0.2, -0.15) is 0 Å². The minimum atomic E-state index is -1.11. The van der Waals surface area contributed by atoms with Crippen molar-refractivity contribution in [1.82, 2.24) is 0 Å². The van der Waals surface area contributed by atoms with Crippen LogP contribution in [0.2, 0.25) is 5.02 Å². The molecule has 5 rings (SSSR count). The van der Waals surface area contributed by atoms with Gasteiger partial charge in [-0.15, -0.1) is 0 Å². The van der Waals surface area contributed by atoms with Crippen LogP contribution < -0.4 is 0 Å². The van der Waals surface area contributed by atoms with Gasteiger partial charge in [0, 0.05) is 5.56 Å². The van der Waals surface area contributed by atoms with Crippen LogP contribution in [0.1, 0.15) is 50.7 Å². The van der Waals surface area contributed by atoms with Gasteiger partial charge in [0.05, 0.1) is 28.1 Å². The van der Waals surface area contributed by atoms with Crippen LogP contribution in [0.5, 0.6) is 0 Å². The lowest BCUT2D eigenvalue weighted by Crippen LogP contribution is -2.40. The van der Waals surface area contributed by atoms with Crippen molar-refractivity contribution in [1.29, 1.82) is 0 Å². The van der Waals surface area contributed by atoms with Crippen molar-refractivity contribution in [2.45, 2.75) is 57.2 Å². The second-order valence-corrected chi connectivity index (χ2v) is 9.82. The number of benzene rings is 2. The zero-order valence-electron chi connectivity index (χ0n) is 17.6. The number of halogens is 3. The Morgan fingerprint density at radius 3 is 2.19 bits per heavy atom. The van der Waals surface area contributed by atoms with E-state index in [1.165, 1.54) is 12.1 Å². The second-order valence-electron chi connectivity index (χ2n) is 9.41. The Hall–Kier alpha value is -2.11. The molecule has 31 heavy (non-hydrogen) atoms. The average molecular weight is 445 g/mol. The average Bonchev–Trinajstić information content (AvgIpc) is 3.29. The van der Waals surface area contributed by atoms with Gasteiger partial charge in [-0.05, 0) is 68.0 Å². The molecule has 0 radical (unpaired) electrons. The van der Waals surface area contributed by atoms with Gasteiger partial charge in [0.1, 0.15) is 5.92 Å².